The van der Waals surface area contributed by atoms with Crippen LogP contribution in [-0.2, 0) is 6.54 Å². The molecule has 0 saturated carbocycles. The number of urea groups is 1. The summed E-state index contributed by atoms with van der Waals surface area (Å²) >= 11 is 5.81. The van der Waals surface area contributed by atoms with Gasteiger partial charge < -0.3 is 15.3 Å². The molecule has 1 atom stereocenters. The zero-order valence-electron chi connectivity index (χ0n) is 11.4. The van der Waals surface area contributed by atoms with E-state index in [1.54, 1.807) is 11.9 Å². The number of halogens is 1. The van der Waals surface area contributed by atoms with Gasteiger partial charge in [-0.1, -0.05) is 23.7 Å². The van der Waals surface area contributed by atoms with E-state index in [0.717, 1.165) is 12.0 Å². The molecule has 0 aromatic heterocycles. The van der Waals surface area contributed by atoms with Crippen LogP contribution in [0.4, 0.5) is 4.79 Å². The lowest BCUT2D eigenvalue weighted by Crippen LogP contribution is -2.41. The van der Waals surface area contributed by atoms with Gasteiger partial charge in [-0.25, -0.2) is 4.79 Å². The van der Waals surface area contributed by atoms with Crippen molar-refractivity contribution in [3.8, 4) is 0 Å². The molecular formula is C14H21ClN2O2. The van der Waals surface area contributed by atoms with Gasteiger partial charge in [-0.15, -0.1) is 0 Å². The van der Waals surface area contributed by atoms with Crippen LogP contribution in [0, 0.1) is 0 Å². The quantitative estimate of drug-likeness (QED) is 0.844. The minimum atomic E-state index is -0.111. The number of benzene rings is 1. The third-order valence-electron chi connectivity index (χ3n) is 2.84. The summed E-state index contributed by atoms with van der Waals surface area (Å²) in [6, 6.07) is 7.38. The smallest absolute Gasteiger partial charge is 0.317 e. The van der Waals surface area contributed by atoms with Crippen molar-refractivity contribution in [1.82, 2.24) is 10.2 Å². The van der Waals surface area contributed by atoms with Crippen molar-refractivity contribution in [2.75, 3.05) is 13.7 Å². The minimum absolute atomic E-state index is 0.0623. The molecule has 2 amide bonds. The second-order valence-corrected chi connectivity index (χ2v) is 5.14. The summed E-state index contributed by atoms with van der Waals surface area (Å²) in [5, 5.41) is 12.3. The Morgan fingerprint density at radius 2 is 2.05 bits per heavy atom. The molecule has 4 nitrogen and oxygen atoms in total. The fraction of sp³-hybridized carbons (Fsp3) is 0.500. The Balaban J connectivity index is 2.42. The topological polar surface area (TPSA) is 52.6 Å². The SMILES string of the molecule is CC(CCCO)NC(=O)N(C)Cc1ccc(Cl)cc1. The summed E-state index contributed by atoms with van der Waals surface area (Å²) in [5.74, 6) is 0. The molecule has 0 radical (unpaired) electrons. The third-order valence-corrected chi connectivity index (χ3v) is 3.10. The lowest BCUT2D eigenvalue weighted by Gasteiger charge is -2.21. The summed E-state index contributed by atoms with van der Waals surface area (Å²) in [6.45, 7) is 2.63. The first-order valence-corrected chi connectivity index (χ1v) is 6.77. The Morgan fingerprint density at radius 3 is 2.63 bits per heavy atom. The summed E-state index contributed by atoms with van der Waals surface area (Å²) < 4.78 is 0. The van der Waals surface area contributed by atoms with Crippen LogP contribution >= 0.6 is 11.6 Å². The van der Waals surface area contributed by atoms with Gasteiger partial charge in [-0.05, 0) is 37.5 Å². The fourth-order valence-electron chi connectivity index (χ4n) is 1.73. The summed E-state index contributed by atoms with van der Waals surface area (Å²) in [7, 11) is 1.75. The highest BCUT2D eigenvalue weighted by Crippen LogP contribution is 2.11. The minimum Gasteiger partial charge on any atom is -0.396 e. The molecule has 19 heavy (non-hydrogen) atoms. The molecule has 0 saturated heterocycles. The number of nitrogens with one attached hydrogen (secondary N) is 1. The van der Waals surface area contributed by atoms with Gasteiger partial charge in [0.25, 0.3) is 0 Å². The van der Waals surface area contributed by atoms with E-state index >= 15 is 0 Å². The van der Waals surface area contributed by atoms with E-state index in [0.29, 0.717) is 18.0 Å². The number of aliphatic hydroxyl groups excluding tert-OH is 1. The van der Waals surface area contributed by atoms with Crippen LogP contribution in [-0.4, -0.2) is 35.7 Å². The van der Waals surface area contributed by atoms with E-state index in [1.165, 1.54) is 0 Å². The number of carbonyl (C=O) groups is 1. The zero-order valence-corrected chi connectivity index (χ0v) is 12.2. The highest BCUT2D eigenvalue weighted by Gasteiger charge is 2.11. The van der Waals surface area contributed by atoms with Gasteiger partial charge in [0.15, 0.2) is 0 Å². The number of aliphatic hydroxyl groups is 1. The molecule has 0 aliphatic carbocycles. The van der Waals surface area contributed by atoms with Crippen LogP contribution in [0.15, 0.2) is 24.3 Å². The van der Waals surface area contributed by atoms with Crippen LogP contribution < -0.4 is 5.32 Å². The highest BCUT2D eigenvalue weighted by molar-refractivity contribution is 6.30. The van der Waals surface area contributed by atoms with Gasteiger partial charge in [0, 0.05) is 31.3 Å². The number of hydrogen-bond acceptors (Lipinski definition) is 2. The van der Waals surface area contributed by atoms with Gasteiger partial charge in [-0.3, -0.25) is 0 Å². The molecular weight excluding hydrogens is 264 g/mol. The number of hydrogen-bond donors (Lipinski definition) is 2. The van der Waals surface area contributed by atoms with Crippen molar-refractivity contribution in [2.45, 2.75) is 32.4 Å². The van der Waals surface area contributed by atoms with E-state index in [9.17, 15) is 4.79 Å². The molecule has 0 aliphatic heterocycles. The maximum atomic E-state index is 11.9. The molecule has 0 heterocycles. The summed E-state index contributed by atoms with van der Waals surface area (Å²) in [5.41, 5.74) is 1.03. The number of nitrogens with zero attached hydrogens (tertiary/aromatic N) is 1. The molecule has 0 aliphatic rings. The van der Waals surface area contributed by atoms with Crippen LogP contribution in [0.1, 0.15) is 25.3 Å². The first kappa shape index (κ1) is 15.8. The Morgan fingerprint density at radius 1 is 1.42 bits per heavy atom. The average Bonchev–Trinajstić information content (AvgIpc) is 2.39. The largest absolute Gasteiger partial charge is 0.396 e. The molecule has 2 N–H and O–H groups in total. The second kappa shape index (κ2) is 8.02. The Bertz CT molecular complexity index is 395. The number of amides is 2. The second-order valence-electron chi connectivity index (χ2n) is 4.70. The van der Waals surface area contributed by atoms with Crippen molar-refractivity contribution in [1.29, 1.82) is 0 Å². The van der Waals surface area contributed by atoms with E-state index in [4.69, 9.17) is 16.7 Å². The highest BCUT2D eigenvalue weighted by atomic mass is 35.5. The van der Waals surface area contributed by atoms with Crippen LogP contribution in [0.5, 0.6) is 0 Å². The molecule has 1 unspecified atom stereocenters. The predicted octanol–water partition coefficient (Wildman–Crippen LogP) is 2.64. The summed E-state index contributed by atoms with van der Waals surface area (Å²) in [4.78, 5) is 13.5. The van der Waals surface area contributed by atoms with Crippen LogP contribution in [0.3, 0.4) is 0 Å². The average molecular weight is 285 g/mol. The molecule has 0 spiro atoms. The fourth-order valence-corrected chi connectivity index (χ4v) is 1.85. The van der Waals surface area contributed by atoms with E-state index in [1.807, 2.05) is 31.2 Å². The van der Waals surface area contributed by atoms with Gasteiger partial charge in [0.05, 0.1) is 0 Å². The maximum Gasteiger partial charge on any atom is 0.317 e. The molecule has 0 bridgehead atoms. The van der Waals surface area contributed by atoms with Gasteiger partial charge in [-0.2, -0.15) is 0 Å². The monoisotopic (exact) mass is 284 g/mol. The van der Waals surface area contributed by atoms with Crippen LogP contribution in [0.2, 0.25) is 5.02 Å². The molecule has 1 rings (SSSR count). The molecule has 1 aromatic rings. The Hall–Kier alpha value is -1.26. The van der Waals surface area contributed by atoms with Crippen molar-refractivity contribution in [3.63, 3.8) is 0 Å². The van der Waals surface area contributed by atoms with Crippen molar-refractivity contribution in [2.24, 2.45) is 0 Å². The van der Waals surface area contributed by atoms with E-state index in [2.05, 4.69) is 5.32 Å². The number of carbonyl (C=O) groups excluding carboxylic acids is 1. The lowest BCUT2D eigenvalue weighted by molar-refractivity contribution is 0.201. The molecule has 1 aromatic carbocycles. The first-order chi connectivity index (χ1) is 9.02. The van der Waals surface area contributed by atoms with E-state index in [-0.39, 0.29) is 18.7 Å². The van der Waals surface area contributed by atoms with Crippen molar-refractivity contribution in [3.05, 3.63) is 34.9 Å². The molecule has 106 valence electrons. The van der Waals surface area contributed by atoms with Gasteiger partial charge in [0.1, 0.15) is 0 Å². The predicted molar refractivity (Wildman–Crippen MR) is 77.2 cm³/mol. The molecule has 0 fully saturated rings. The van der Waals surface area contributed by atoms with Crippen molar-refractivity contribution < 1.29 is 9.90 Å². The number of rotatable bonds is 6. The van der Waals surface area contributed by atoms with Gasteiger partial charge in [0.2, 0.25) is 0 Å². The van der Waals surface area contributed by atoms with E-state index < -0.39 is 0 Å². The Kier molecular flexibility index (Phi) is 6.67. The Labute approximate surface area is 119 Å². The normalized spacial score (nSPS) is 12.0. The van der Waals surface area contributed by atoms with Crippen LogP contribution in [0.25, 0.3) is 0 Å². The first-order valence-electron chi connectivity index (χ1n) is 6.40. The standard InChI is InChI=1S/C14H21ClN2O2/c1-11(4-3-9-18)16-14(19)17(2)10-12-5-7-13(15)8-6-12/h5-8,11,18H,3-4,9-10H2,1-2H3,(H,16,19). The maximum absolute atomic E-state index is 11.9. The summed E-state index contributed by atoms with van der Waals surface area (Å²) in [6.07, 6.45) is 1.47. The molecule has 5 heteroatoms. The zero-order chi connectivity index (χ0) is 14.3. The van der Waals surface area contributed by atoms with Crippen molar-refractivity contribution >= 4 is 17.6 Å². The third kappa shape index (κ3) is 5.94. The van der Waals surface area contributed by atoms with Gasteiger partial charge >= 0.3 is 6.03 Å². The lowest BCUT2D eigenvalue weighted by atomic mass is 10.2.